The molecule has 12 heteroatoms. The van der Waals surface area contributed by atoms with Crippen LogP contribution in [0.1, 0.15) is 6.92 Å². The normalized spacial score (nSPS) is 21.9. The van der Waals surface area contributed by atoms with Crippen LogP contribution >= 0.6 is 24.4 Å². The van der Waals surface area contributed by atoms with Crippen LogP contribution in [-0.2, 0) is 19.7 Å². The smallest absolute Gasteiger partial charge is 0.744 e. The number of carbonyl (C=O) groups is 2. The standard InChI is InChI=1S/C21H21N3O5S3.K/c1-3-23-19(25)15(12-18-22(2)16-6-4-5-7-17(16)31-18)20(26)24(21(23)30)13-8-10-14(11-9-13)32(27,28)29;/h4-12,15,21,30H,3H2,1-2H3,(H,27,28,29);/q;+1/p-1. The zero-order valence-corrected chi connectivity index (χ0v) is 23.9. The van der Waals surface area contributed by atoms with Crippen molar-refractivity contribution in [3.05, 3.63) is 59.6 Å². The largest absolute Gasteiger partial charge is 1.00 e. The van der Waals surface area contributed by atoms with Crippen LogP contribution in [0.25, 0.3) is 0 Å². The number of thioether (sulfide) groups is 1. The molecule has 2 unspecified atom stereocenters. The molecule has 2 atom stereocenters. The number of benzene rings is 2. The van der Waals surface area contributed by atoms with Crippen molar-refractivity contribution in [1.29, 1.82) is 0 Å². The Bertz CT molecular complexity index is 1220. The van der Waals surface area contributed by atoms with E-state index in [1.807, 2.05) is 36.2 Å². The third kappa shape index (κ3) is 5.09. The number of thiol groups is 1. The van der Waals surface area contributed by atoms with Crippen LogP contribution in [0.2, 0.25) is 0 Å². The van der Waals surface area contributed by atoms with Crippen molar-refractivity contribution in [3.63, 3.8) is 0 Å². The number of para-hydroxylation sites is 1. The molecule has 2 aliphatic heterocycles. The molecule has 0 saturated carbocycles. The van der Waals surface area contributed by atoms with E-state index in [4.69, 9.17) is 0 Å². The van der Waals surface area contributed by atoms with E-state index in [9.17, 15) is 22.6 Å². The molecule has 0 spiro atoms. The Morgan fingerprint density at radius 3 is 2.30 bits per heavy atom. The number of amides is 2. The molecular formula is C21H20KN3O5S3. The van der Waals surface area contributed by atoms with E-state index in [2.05, 4.69) is 12.6 Å². The Hall–Kier alpha value is -0.834. The van der Waals surface area contributed by atoms with Gasteiger partial charge in [0, 0.05) is 24.2 Å². The Morgan fingerprint density at radius 2 is 1.73 bits per heavy atom. The van der Waals surface area contributed by atoms with Gasteiger partial charge in [-0.25, -0.2) is 8.42 Å². The molecule has 0 aromatic heterocycles. The minimum absolute atomic E-state index is 0. The quantitative estimate of drug-likeness (QED) is 0.251. The molecule has 2 amide bonds. The number of hydrogen-bond acceptors (Lipinski definition) is 8. The van der Waals surface area contributed by atoms with Crippen molar-refractivity contribution in [2.45, 2.75) is 22.2 Å². The van der Waals surface area contributed by atoms with Crippen molar-refractivity contribution in [2.75, 3.05) is 23.4 Å². The molecule has 2 aromatic rings. The fourth-order valence-electron chi connectivity index (χ4n) is 3.71. The van der Waals surface area contributed by atoms with Crippen LogP contribution in [0.3, 0.4) is 0 Å². The first-order valence-corrected chi connectivity index (χ1v) is 12.5. The molecule has 2 aliphatic rings. The summed E-state index contributed by atoms with van der Waals surface area (Å²) in [6.07, 6.45) is 1.65. The first-order valence-electron chi connectivity index (χ1n) is 9.73. The second-order valence-electron chi connectivity index (χ2n) is 7.24. The van der Waals surface area contributed by atoms with Gasteiger partial charge < -0.3 is 14.4 Å². The van der Waals surface area contributed by atoms with Crippen molar-refractivity contribution in [1.82, 2.24) is 4.90 Å². The van der Waals surface area contributed by atoms with Crippen LogP contribution in [-0.4, -0.2) is 48.8 Å². The molecule has 1 saturated heterocycles. The number of rotatable bonds is 4. The van der Waals surface area contributed by atoms with Gasteiger partial charge in [0.2, 0.25) is 11.8 Å². The molecular weight excluding hydrogens is 510 g/mol. The topological polar surface area (TPSA) is 101 Å². The van der Waals surface area contributed by atoms with Gasteiger partial charge >= 0.3 is 51.4 Å². The summed E-state index contributed by atoms with van der Waals surface area (Å²) in [5, 5.41) is 0.763. The van der Waals surface area contributed by atoms with Gasteiger partial charge in [0.1, 0.15) is 16.0 Å². The minimum atomic E-state index is -4.62. The van der Waals surface area contributed by atoms with Crippen molar-refractivity contribution < 1.29 is 73.9 Å². The van der Waals surface area contributed by atoms with Crippen molar-refractivity contribution in [2.24, 2.45) is 5.92 Å². The molecule has 33 heavy (non-hydrogen) atoms. The number of anilines is 2. The average molecular weight is 530 g/mol. The maximum atomic E-state index is 13.4. The van der Waals surface area contributed by atoms with Crippen LogP contribution in [0, 0.1) is 5.92 Å². The fourth-order valence-corrected chi connectivity index (χ4v) is 5.82. The summed E-state index contributed by atoms with van der Waals surface area (Å²) in [6, 6.07) is 12.8. The van der Waals surface area contributed by atoms with Crippen LogP contribution < -0.4 is 61.2 Å². The first-order chi connectivity index (χ1) is 15.1. The van der Waals surface area contributed by atoms with E-state index < -0.39 is 32.3 Å². The van der Waals surface area contributed by atoms with Gasteiger partial charge in [-0.3, -0.25) is 14.5 Å². The number of fused-ring (bicyclic) bond motifs is 1. The molecule has 0 bridgehead atoms. The van der Waals surface area contributed by atoms with Gasteiger partial charge in [-0.2, -0.15) is 0 Å². The zero-order chi connectivity index (χ0) is 23.2. The summed E-state index contributed by atoms with van der Waals surface area (Å²) >= 11 is 5.96. The van der Waals surface area contributed by atoms with Gasteiger partial charge in [0.05, 0.1) is 15.6 Å². The predicted octanol–water partition coefficient (Wildman–Crippen LogP) is -0.297. The maximum Gasteiger partial charge on any atom is 1.00 e. The predicted molar refractivity (Wildman–Crippen MR) is 124 cm³/mol. The molecule has 0 aliphatic carbocycles. The Balaban J connectivity index is 0.00000306. The van der Waals surface area contributed by atoms with Crippen LogP contribution in [0.15, 0.2) is 69.4 Å². The molecule has 2 heterocycles. The summed E-state index contributed by atoms with van der Waals surface area (Å²) in [5.74, 6) is -1.90. The van der Waals surface area contributed by atoms with Gasteiger partial charge in [0.15, 0.2) is 5.50 Å². The molecule has 2 aromatic carbocycles. The summed E-state index contributed by atoms with van der Waals surface area (Å²) in [5.41, 5.74) is 0.466. The van der Waals surface area contributed by atoms with E-state index in [-0.39, 0.29) is 57.3 Å². The second kappa shape index (κ2) is 10.4. The van der Waals surface area contributed by atoms with Gasteiger partial charge in [-0.1, -0.05) is 23.9 Å². The fraction of sp³-hybridized carbons (Fsp3) is 0.238. The third-order valence-electron chi connectivity index (χ3n) is 5.39. The molecule has 168 valence electrons. The Kier molecular flexibility index (Phi) is 8.45. The maximum absolute atomic E-state index is 13.4. The van der Waals surface area contributed by atoms with E-state index >= 15 is 0 Å². The summed E-state index contributed by atoms with van der Waals surface area (Å²) in [7, 11) is -2.74. The molecule has 0 radical (unpaired) electrons. The van der Waals surface area contributed by atoms with E-state index in [0.717, 1.165) is 27.7 Å². The van der Waals surface area contributed by atoms with E-state index in [0.29, 0.717) is 12.2 Å². The Labute approximate surface area is 245 Å². The SMILES string of the molecule is CCN1C(=O)C(C=C2Sc3ccccc3N2C)C(=O)N(c2ccc(S(=O)(=O)[O-])cc2)C1S.[K+]. The summed E-state index contributed by atoms with van der Waals surface area (Å²) in [4.78, 5) is 31.9. The second-order valence-corrected chi connectivity index (χ2v) is 10.1. The van der Waals surface area contributed by atoms with Gasteiger partial charge in [-0.05, 0) is 49.4 Å². The Morgan fingerprint density at radius 1 is 1.09 bits per heavy atom. The molecule has 0 N–H and O–H groups in total. The monoisotopic (exact) mass is 529 g/mol. The number of carbonyl (C=O) groups excluding carboxylic acids is 2. The van der Waals surface area contributed by atoms with Crippen molar-refractivity contribution in [3.8, 4) is 0 Å². The molecule has 1 fully saturated rings. The number of nitrogens with zero attached hydrogens (tertiary/aromatic N) is 3. The zero-order valence-electron chi connectivity index (χ0n) is 18.2. The number of hydrogen-bond donors (Lipinski definition) is 1. The van der Waals surface area contributed by atoms with Gasteiger partial charge in [0.25, 0.3) is 0 Å². The molecule has 4 rings (SSSR count). The average Bonchev–Trinajstić information content (AvgIpc) is 3.07. The minimum Gasteiger partial charge on any atom is -0.744 e. The van der Waals surface area contributed by atoms with Gasteiger partial charge in [-0.15, -0.1) is 12.6 Å². The molecule has 8 nitrogen and oxygen atoms in total. The summed E-state index contributed by atoms with van der Waals surface area (Å²) in [6.45, 7) is 2.12. The summed E-state index contributed by atoms with van der Waals surface area (Å²) < 4.78 is 33.7. The van der Waals surface area contributed by atoms with E-state index in [1.165, 1.54) is 33.7 Å². The van der Waals surface area contributed by atoms with Crippen LogP contribution in [0.5, 0.6) is 0 Å². The van der Waals surface area contributed by atoms with Crippen molar-refractivity contribution >= 4 is 57.7 Å². The first kappa shape index (κ1) is 26.8. The van der Waals surface area contributed by atoms with Crippen LogP contribution in [0.4, 0.5) is 11.4 Å². The third-order valence-corrected chi connectivity index (χ3v) is 7.93. The van der Waals surface area contributed by atoms with E-state index in [1.54, 1.807) is 13.0 Å².